The lowest BCUT2D eigenvalue weighted by Crippen LogP contribution is -2.35. The molecule has 98 valence electrons. The van der Waals surface area contributed by atoms with Gasteiger partial charge in [-0.05, 0) is 31.0 Å². The van der Waals surface area contributed by atoms with Crippen LogP contribution in [-0.4, -0.2) is 31.6 Å². The number of ether oxygens (including phenoxy) is 2. The summed E-state index contributed by atoms with van der Waals surface area (Å²) in [5, 5.41) is 7.63. The fourth-order valence-corrected chi connectivity index (χ4v) is 2.48. The highest BCUT2D eigenvalue weighted by atomic mass is 16.5. The smallest absolute Gasteiger partial charge is 0.188 e. The summed E-state index contributed by atoms with van der Waals surface area (Å²) in [5.74, 6) is 1.72. The van der Waals surface area contributed by atoms with E-state index in [9.17, 15) is 0 Å². The van der Waals surface area contributed by atoms with Crippen LogP contribution in [0.3, 0.4) is 0 Å². The van der Waals surface area contributed by atoms with Crippen LogP contribution in [-0.2, 0) is 0 Å². The second-order valence-electron chi connectivity index (χ2n) is 4.34. The summed E-state index contributed by atoms with van der Waals surface area (Å²) < 4.78 is 10.6. The van der Waals surface area contributed by atoms with Crippen LogP contribution in [0.2, 0.25) is 0 Å². The lowest BCUT2D eigenvalue weighted by Gasteiger charge is -2.26. The molecule has 0 aliphatic carbocycles. The number of rotatable bonds is 3. The monoisotopic (exact) mass is 249 g/mol. The van der Waals surface area contributed by atoms with Gasteiger partial charge in [0, 0.05) is 12.1 Å². The van der Waals surface area contributed by atoms with E-state index in [-0.39, 0.29) is 12.0 Å². The molecule has 1 aromatic rings. The van der Waals surface area contributed by atoms with Gasteiger partial charge in [0.1, 0.15) is 11.5 Å². The number of likely N-dealkylation sites (tertiary alicyclic amines) is 1. The molecule has 0 radical (unpaired) electrons. The summed E-state index contributed by atoms with van der Waals surface area (Å²) in [7, 11) is 3.29. The summed E-state index contributed by atoms with van der Waals surface area (Å²) in [6.45, 7) is 0.820. The van der Waals surface area contributed by atoms with Gasteiger partial charge in [-0.25, -0.2) is 0 Å². The average molecular weight is 249 g/mol. The van der Waals surface area contributed by atoms with Crippen LogP contribution in [0.4, 0.5) is 0 Å². The maximum atomic E-state index is 7.63. The van der Waals surface area contributed by atoms with Crippen molar-refractivity contribution in [1.82, 2.24) is 4.90 Å². The topological polar surface area (TPSA) is 71.6 Å². The molecule has 3 N–H and O–H groups in total. The fraction of sp³-hybridized carbons (Fsp3) is 0.462. The highest BCUT2D eigenvalue weighted by Crippen LogP contribution is 2.38. The predicted octanol–water partition coefficient (Wildman–Crippen LogP) is 1.73. The van der Waals surface area contributed by atoms with Gasteiger partial charge >= 0.3 is 0 Å². The molecular weight excluding hydrogens is 230 g/mol. The van der Waals surface area contributed by atoms with E-state index in [1.165, 1.54) is 0 Å². The molecule has 1 saturated heterocycles. The van der Waals surface area contributed by atoms with Gasteiger partial charge in [0.05, 0.1) is 20.3 Å². The van der Waals surface area contributed by atoms with Crippen molar-refractivity contribution in [3.8, 4) is 11.5 Å². The predicted molar refractivity (Wildman–Crippen MR) is 70.1 cm³/mol. The van der Waals surface area contributed by atoms with Gasteiger partial charge < -0.3 is 20.1 Å². The Labute approximate surface area is 107 Å². The molecule has 5 heteroatoms. The molecule has 18 heavy (non-hydrogen) atoms. The van der Waals surface area contributed by atoms with E-state index >= 15 is 0 Å². The minimum absolute atomic E-state index is 0.104. The Kier molecular flexibility index (Phi) is 3.60. The average Bonchev–Trinajstić information content (AvgIpc) is 2.87. The van der Waals surface area contributed by atoms with Gasteiger partial charge in [-0.3, -0.25) is 5.41 Å². The van der Waals surface area contributed by atoms with Crippen molar-refractivity contribution in [2.24, 2.45) is 5.73 Å². The van der Waals surface area contributed by atoms with E-state index in [1.807, 2.05) is 23.1 Å². The van der Waals surface area contributed by atoms with Crippen LogP contribution in [0.5, 0.6) is 11.5 Å². The van der Waals surface area contributed by atoms with Crippen LogP contribution in [0.15, 0.2) is 18.2 Å². The number of benzene rings is 1. The number of hydrogen-bond donors (Lipinski definition) is 2. The first kappa shape index (κ1) is 12.5. The molecule has 0 spiro atoms. The quantitative estimate of drug-likeness (QED) is 0.632. The van der Waals surface area contributed by atoms with Crippen LogP contribution < -0.4 is 15.2 Å². The number of methoxy groups -OCH3 is 2. The molecule has 0 saturated carbocycles. The van der Waals surface area contributed by atoms with E-state index < -0.39 is 0 Å². The van der Waals surface area contributed by atoms with Crippen molar-refractivity contribution in [1.29, 1.82) is 5.41 Å². The molecule has 1 aliphatic rings. The lowest BCUT2D eigenvalue weighted by atomic mass is 10.0. The molecule has 1 fully saturated rings. The second kappa shape index (κ2) is 5.16. The Bertz CT molecular complexity index is 448. The van der Waals surface area contributed by atoms with E-state index in [2.05, 4.69) is 0 Å². The zero-order valence-corrected chi connectivity index (χ0v) is 10.8. The number of hydrogen-bond acceptors (Lipinski definition) is 3. The molecule has 1 unspecified atom stereocenters. The second-order valence-corrected chi connectivity index (χ2v) is 4.34. The SMILES string of the molecule is COc1ccc(OC)c(C2CCCN2C(=N)N)c1. The first-order valence-corrected chi connectivity index (χ1v) is 6.00. The third-order valence-electron chi connectivity index (χ3n) is 3.36. The van der Waals surface area contributed by atoms with Gasteiger partial charge in [-0.1, -0.05) is 0 Å². The Morgan fingerprint density at radius 1 is 1.39 bits per heavy atom. The molecule has 0 bridgehead atoms. The number of nitrogens with one attached hydrogen (secondary N) is 1. The number of nitrogens with zero attached hydrogens (tertiary/aromatic N) is 1. The fourth-order valence-electron chi connectivity index (χ4n) is 2.48. The van der Waals surface area contributed by atoms with Crippen LogP contribution in [0, 0.1) is 5.41 Å². The molecule has 0 aromatic heterocycles. The molecule has 0 amide bonds. The maximum absolute atomic E-state index is 7.63. The molecular formula is C13H19N3O2. The lowest BCUT2D eigenvalue weighted by molar-refractivity contribution is 0.357. The standard InChI is InChI=1S/C13H19N3O2/c1-17-9-5-6-12(18-2)10(8-9)11-4-3-7-16(11)13(14)15/h5-6,8,11H,3-4,7H2,1-2H3,(H3,14,15). The molecule has 1 heterocycles. The normalized spacial score (nSPS) is 18.8. The first-order valence-electron chi connectivity index (χ1n) is 6.00. The van der Waals surface area contributed by atoms with Gasteiger partial charge in [0.2, 0.25) is 0 Å². The zero-order chi connectivity index (χ0) is 13.1. The number of guanidine groups is 1. The van der Waals surface area contributed by atoms with Crippen molar-refractivity contribution < 1.29 is 9.47 Å². The van der Waals surface area contributed by atoms with Crippen molar-refractivity contribution in [3.63, 3.8) is 0 Å². The van der Waals surface area contributed by atoms with Crippen LogP contribution >= 0.6 is 0 Å². The highest BCUT2D eigenvalue weighted by Gasteiger charge is 2.29. The van der Waals surface area contributed by atoms with Crippen molar-refractivity contribution in [2.45, 2.75) is 18.9 Å². The van der Waals surface area contributed by atoms with Gasteiger partial charge in [-0.2, -0.15) is 0 Å². The zero-order valence-electron chi connectivity index (χ0n) is 10.8. The summed E-state index contributed by atoms with van der Waals surface area (Å²) >= 11 is 0. The van der Waals surface area contributed by atoms with E-state index in [1.54, 1.807) is 14.2 Å². The van der Waals surface area contributed by atoms with Gasteiger partial charge in [0.15, 0.2) is 5.96 Å². The molecule has 1 aliphatic heterocycles. The van der Waals surface area contributed by atoms with Crippen LogP contribution in [0.25, 0.3) is 0 Å². The molecule has 1 aromatic carbocycles. The maximum Gasteiger partial charge on any atom is 0.188 e. The summed E-state index contributed by atoms with van der Waals surface area (Å²) in [5.41, 5.74) is 6.66. The van der Waals surface area contributed by atoms with Gasteiger partial charge in [-0.15, -0.1) is 0 Å². The van der Waals surface area contributed by atoms with Crippen LogP contribution in [0.1, 0.15) is 24.4 Å². The van der Waals surface area contributed by atoms with Crippen molar-refractivity contribution >= 4 is 5.96 Å². The van der Waals surface area contributed by atoms with Gasteiger partial charge in [0.25, 0.3) is 0 Å². The number of nitrogens with two attached hydrogens (primary N) is 1. The Morgan fingerprint density at radius 2 is 2.17 bits per heavy atom. The third-order valence-corrected chi connectivity index (χ3v) is 3.36. The molecule has 2 rings (SSSR count). The Morgan fingerprint density at radius 3 is 2.78 bits per heavy atom. The van der Waals surface area contributed by atoms with Crippen molar-refractivity contribution in [2.75, 3.05) is 20.8 Å². The Hall–Kier alpha value is -1.91. The van der Waals surface area contributed by atoms with E-state index in [4.69, 9.17) is 20.6 Å². The summed E-state index contributed by atoms with van der Waals surface area (Å²) in [6, 6.07) is 5.83. The van der Waals surface area contributed by atoms with E-state index in [0.29, 0.717) is 0 Å². The minimum atomic E-state index is 0.104. The molecule has 1 atom stereocenters. The summed E-state index contributed by atoms with van der Waals surface area (Å²) in [6.07, 6.45) is 2.01. The highest BCUT2D eigenvalue weighted by molar-refractivity contribution is 5.75. The summed E-state index contributed by atoms with van der Waals surface area (Å²) in [4.78, 5) is 1.90. The first-order chi connectivity index (χ1) is 8.67. The largest absolute Gasteiger partial charge is 0.497 e. The molecule has 5 nitrogen and oxygen atoms in total. The van der Waals surface area contributed by atoms with Crippen molar-refractivity contribution in [3.05, 3.63) is 23.8 Å². The third kappa shape index (κ3) is 2.20. The van der Waals surface area contributed by atoms with E-state index in [0.717, 1.165) is 36.4 Å². The Balaban J connectivity index is 2.38. The minimum Gasteiger partial charge on any atom is -0.497 e.